The third-order valence-electron chi connectivity index (χ3n) is 0. The summed E-state index contributed by atoms with van der Waals surface area (Å²) in [5, 5.41) is 0. The van der Waals surface area contributed by atoms with Gasteiger partial charge in [0.05, 0.1) is 0 Å². The van der Waals surface area contributed by atoms with Crippen molar-refractivity contribution >= 4 is 19.3 Å². The van der Waals surface area contributed by atoms with Crippen LogP contribution < -0.4 is 0 Å². The monoisotopic (exact) mass is 122 g/mol. The molecule has 6 heavy (non-hydrogen) atoms. The number of hydrogen-bond acceptors (Lipinski definition) is 2. The van der Waals surface area contributed by atoms with Crippen LogP contribution in [0.25, 0.3) is 0 Å². The Morgan fingerprint density at radius 1 is 1.33 bits per heavy atom. The van der Waals surface area contributed by atoms with Gasteiger partial charge in [-0.15, -0.1) is 0 Å². The Kier molecular flexibility index (Phi) is 13.5. The molecule has 0 aliphatic carbocycles. The standard InChI is InChI=1S/H2O3Si.OSi/c1-4(2)3;1-2/h1-2H;. The van der Waals surface area contributed by atoms with E-state index in [4.69, 9.17) is 18.5 Å². The van der Waals surface area contributed by atoms with Gasteiger partial charge in [-0.2, -0.15) is 0 Å². The highest BCUT2D eigenvalue weighted by Crippen LogP contribution is 1.27. The van der Waals surface area contributed by atoms with Crippen LogP contribution in [0, 0.1) is 0 Å². The summed E-state index contributed by atoms with van der Waals surface area (Å²) < 4.78 is 16.8. The van der Waals surface area contributed by atoms with Crippen LogP contribution in [-0.2, 0) is 8.92 Å². The molecule has 0 saturated carbocycles. The average Bonchev–Trinajstić information content (AvgIpc) is 1.41. The third kappa shape index (κ3) is 188. The van der Waals surface area contributed by atoms with Gasteiger partial charge < -0.3 is 14.1 Å². The lowest BCUT2D eigenvalue weighted by atomic mass is 15.8. The lowest BCUT2D eigenvalue weighted by Gasteiger charge is -1.55. The van der Waals surface area contributed by atoms with Gasteiger partial charge in [0.15, 0.2) is 0 Å². The fourth-order valence-electron chi connectivity index (χ4n) is 0. The summed E-state index contributed by atoms with van der Waals surface area (Å²) in [4.78, 5) is 14.3. The molecule has 0 rings (SSSR count). The maximum absolute atomic E-state index is 8.74. The van der Waals surface area contributed by atoms with E-state index in [2.05, 4.69) is 0 Å². The minimum absolute atomic E-state index is 1.72. The van der Waals surface area contributed by atoms with E-state index in [1.165, 1.54) is 0 Å². The van der Waals surface area contributed by atoms with E-state index in [0.29, 0.717) is 0 Å². The highest BCUT2D eigenvalue weighted by molar-refractivity contribution is 6.22. The SMILES string of the molecule is O=[Si].O=[Si](O)O. The minimum atomic E-state index is -3.13. The normalized spacial score (nSPS) is 4.67. The summed E-state index contributed by atoms with van der Waals surface area (Å²) >= 11 is 0. The zero-order valence-corrected chi connectivity index (χ0v) is 4.71. The molecule has 4 nitrogen and oxygen atoms in total. The van der Waals surface area contributed by atoms with Gasteiger partial charge in [-0.05, 0) is 0 Å². The summed E-state index contributed by atoms with van der Waals surface area (Å²) in [6, 6.07) is 0. The van der Waals surface area contributed by atoms with Crippen LogP contribution >= 0.6 is 0 Å². The van der Waals surface area contributed by atoms with E-state index in [1.54, 1.807) is 10.1 Å². The van der Waals surface area contributed by atoms with E-state index in [-0.39, 0.29) is 0 Å². The molecule has 0 unspecified atom stereocenters. The molecule has 34 valence electrons. The van der Waals surface area contributed by atoms with Gasteiger partial charge in [0.1, 0.15) is 0 Å². The van der Waals surface area contributed by atoms with Crippen LogP contribution in [0.15, 0.2) is 0 Å². The molecule has 0 aliphatic rings. The van der Waals surface area contributed by atoms with Crippen molar-refractivity contribution in [2.45, 2.75) is 0 Å². The topological polar surface area (TPSA) is 74.6 Å². The smallest absolute Gasteiger partial charge is 0.511 e. The Morgan fingerprint density at radius 3 is 1.33 bits per heavy atom. The fourth-order valence-corrected chi connectivity index (χ4v) is 0. The molecular weight excluding hydrogens is 120 g/mol. The molecule has 0 heterocycles. The molecule has 0 amide bonds. The molecule has 0 aromatic rings. The maximum Gasteiger partial charge on any atom is 0.761 e. The van der Waals surface area contributed by atoms with Crippen molar-refractivity contribution < 1.29 is 18.5 Å². The van der Waals surface area contributed by atoms with Gasteiger partial charge in [0, 0.05) is 0 Å². The fraction of sp³-hybridized carbons (Fsp3) is 0. The molecule has 2 N–H and O–H groups in total. The van der Waals surface area contributed by atoms with Gasteiger partial charge in [-0.25, -0.2) is 0 Å². The molecule has 0 aromatic heterocycles. The molecule has 0 fully saturated rings. The van der Waals surface area contributed by atoms with Crippen molar-refractivity contribution in [3.63, 3.8) is 0 Å². The molecule has 0 bridgehead atoms. The molecule has 0 aromatic carbocycles. The van der Waals surface area contributed by atoms with Crippen molar-refractivity contribution in [2.75, 3.05) is 0 Å². The molecule has 0 atom stereocenters. The first-order valence-corrected chi connectivity index (χ1v) is 2.57. The van der Waals surface area contributed by atoms with Crippen molar-refractivity contribution in [1.29, 1.82) is 0 Å². The van der Waals surface area contributed by atoms with E-state index < -0.39 is 9.17 Å². The summed E-state index contributed by atoms with van der Waals surface area (Å²) in [5.41, 5.74) is 0. The van der Waals surface area contributed by atoms with Gasteiger partial charge in [0.25, 0.3) is 0 Å². The van der Waals surface area contributed by atoms with Crippen molar-refractivity contribution in [2.24, 2.45) is 0 Å². The Morgan fingerprint density at radius 2 is 1.33 bits per heavy atom. The summed E-state index contributed by atoms with van der Waals surface area (Å²) in [5.74, 6) is 0. The van der Waals surface area contributed by atoms with Gasteiger partial charge in [-0.3, -0.25) is 4.46 Å². The molecule has 6 heteroatoms. The highest BCUT2D eigenvalue weighted by Gasteiger charge is 1.85. The van der Waals surface area contributed by atoms with Crippen LogP contribution in [-0.4, -0.2) is 28.9 Å². The van der Waals surface area contributed by atoms with Crippen molar-refractivity contribution in [1.82, 2.24) is 0 Å². The predicted octanol–water partition coefficient (Wildman–Crippen LogP) is -2.11. The predicted molar refractivity (Wildman–Crippen MR) is 17.3 cm³/mol. The average molecular weight is 122 g/mol. The second kappa shape index (κ2) is 8.82. The molecule has 0 spiro atoms. The Bertz CT molecular complexity index is 36.8. The van der Waals surface area contributed by atoms with Gasteiger partial charge >= 0.3 is 19.3 Å². The number of hydrogen-bond donors (Lipinski definition) is 2. The van der Waals surface area contributed by atoms with E-state index in [0.717, 1.165) is 0 Å². The van der Waals surface area contributed by atoms with Crippen LogP contribution in [0.1, 0.15) is 0 Å². The summed E-state index contributed by atoms with van der Waals surface area (Å²) in [7, 11) is -1.41. The van der Waals surface area contributed by atoms with Gasteiger partial charge in [0.2, 0.25) is 0 Å². The Labute approximate surface area is 38.8 Å². The molecule has 2 radical (unpaired) electrons. The van der Waals surface area contributed by atoms with Gasteiger partial charge in [-0.1, -0.05) is 0 Å². The lowest BCUT2D eigenvalue weighted by Crippen LogP contribution is -1.90. The Hall–Kier alpha value is -0.366. The van der Waals surface area contributed by atoms with E-state index in [1.807, 2.05) is 0 Å². The van der Waals surface area contributed by atoms with Crippen LogP contribution in [0.4, 0.5) is 0 Å². The minimum Gasteiger partial charge on any atom is -0.511 e. The zero-order chi connectivity index (χ0) is 5.58. The molecular formula is H2O4Si2. The molecule has 0 saturated heterocycles. The lowest BCUT2D eigenvalue weighted by molar-refractivity contribution is 0.330. The first-order chi connectivity index (χ1) is 2.73. The first kappa shape index (κ1) is 9.16. The van der Waals surface area contributed by atoms with E-state index in [9.17, 15) is 0 Å². The zero-order valence-electron chi connectivity index (χ0n) is 2.71. The quantitative estimate of drug-likeness (QED) is 0.360. The first-order valence-electron chi connectivity index (χ1n) is 0.855. The number of rotatable bonds is 0. The van der Waals surface area contributed by atoms with Crippen LogP contribution in [0.5, 0.6) is 0 Å². The van der Waals surface area contributed by atoms with Crippen molar-refractivity contribution in [3.8, 4) is 0 Å². The molecule has 0 aliphatic heterocycles. The highest BCUT2D eigenvalue weighted by atomic mass is 28.3. The van der Waals surface area contributed by atoms with Crippen molar-refractivity contribution in [3.05, 3.63) is 0 Å². The second-order valence-electron chi connectivity index (χ2n) is 0.283. The van der Waals surface area contributed by atoms with Crippen LogP contribution in [0.2, 0.25) is 0 Å². The largest absolute Gasteiger partial charge is 0.761 e. The summed E-state index contributed by atoms with van der Waals surface area (Å²) in [6.45, 7) is 0. The van der Waals surface area contributed by atoms with Crippen LogP contribution in [0.3, 0.4) is 0 Å². The second-order valence-corrected chi connectivity index (χ2v) is 0.848. The Balaban J connectivity index is 0. The maximum atomic E-state index is 8.74. The summed E-state index contributed by atoms with van der Waals surface area (Å²) in [6.07, 6.45) is 0. The third-order valence-corrected chi connectivity index (χ3v) is 0. The van der Waals surface area contributed by atoms with E-state index >= 15 is 0 Å².